The SMILES string of the molecule is CC(C#N)C1(O)CCN2CCC1C2. The first-order valence-corrected chi connectivity index (χ1v) is 5.01. The van der Waals surface area contributed by atoms with E-state index >= 15 is 0 Å². The van der Waals surface area contributed by atoms with Gasteiger partial charge in [0.2, 0.25) is 0 Å². The first-order valence-electron chi connectivity index (χ1n) is 5.01. The van der Waals surface area contributed by atoms with E-state index in [-0.39, 0.29) is 5.92 Å². The molecule has 2 fully saturated rings. The molecule has 2 bridgehead atoms. The molecule has 0 saturated carbocycles. The van der Waals surface area contributed by atoms with Crippen LogP contribution in [0.1, 0.15) is 19.8 Å². The van der Waals surface area contributed by atoms with Crippen molar-refractivity contribution in [3.05, 3.63) is 0 Å². The Morgan fingerprint density at radius 3 is 3.08 bits per heavy atom. The Kier molecular flexibility index (Phi) is 2.05. The summed E-state index contributed by atoms with van der Waals surface area (Å²) in [5.41, 5.74) is -0.707. The van der Waals surface area contributed by atoms with E-state index in [1.54, 1.807) is 0 Å². The highest BCUT2D eigenvalue weighted by molar-refractivity contribution is 5.05. The Labute approximate surface area is 79.0 Å². The molecule has 72 valence electrons. The van der Waals surface area contributed by atoms with Crippen LogP contribution in [0.3, 0.4) is 0 Å². The summed E-state index contributed by atoms with van der Waals surface area (Å²) >= 11 is 0. The molecule has 2 rings (SSSR count). The van der Waals surface area contributed by atoms with Crippen LogP contribution in [-0.2, 0) is 0 Å². The van der Waals surface area contributed by atoms with Gasteiger partial charge in [-0.3, -0.25) is 0 Å². The molecule has 4 unspecified atom stereocenters. The summed E-state index contributed by atoms with van der Waals surface area (Å²) in [7, 11) is 0. The number of nitriles is 1. The molecule has 0 aromatic carbocycles. The van der Waals surface area contributed by atoms with E-state index in [1.165, 1.54) is 0 Å². The largest absolute Gasteiger partial charge is 0.388 e. The van der Waals surface area contributed by atoms with Crippen LogP contribution in [0.5, 0.6) is 0 Å². The fourth-order valence-corrected chi connectivity index (χ4v) is 2.67. The molecule has 1 N–H and O–H groups in total. The van der Waals surface area contributed by atoms with Gasteiger partial charge in [0.15, 0.2) is 0 Å². The van der Waals surface area contributed by atoms with E-state index in [9.17, 15) is 5.11 Å². The van der Waals surface area contributed by atoms with Crippen molar-refractivity contribution in [3.63, 3.8) is 0 Å². The van der Waals surface area contributed by atoms with Gasteiger partial charge in [-0.05, 0) is 26.3 Å². The maximum atomic E-state index is 10.4. The molecule has 2 saturated heterocycles. The molecule has 13 heavy (non-hydrogen) atoms. The summed E-state index contributed by atoms with van der Waals surface area (Å²) in [6.07, 6.45) is 1.83. The molecule has 0 amide bonds. The normalized spacial score (nSPS) is 45.6. The molecule has 0 spiro atoms. The molecule has 3 heteroatoms. The summed E-state index contributed by atoms with van der Waals surface area (Å²) in [5, 5.41) is 19.2. The third kappa shape index (κ3) is 1.25. The lowest BCUT2D eigenvalue weighted by molar-refractivity contribution is -0.0698. The minimum Gasteiger partial charge on any atom is -0.388 e. The van der Waals surface area contributed by atoms with Crippen LogP contribution in [0, 0.1) is 23.2 Å². The minimum atomic E-state index is -0.707. The highest BCUT2D eigenvalue weighted by atomic mass is 16.3. The predicted octanol–water partition coefficient (Wildman–Crippen LogP) is 0.603. The van der Waals surface area contributed by atoms with Crippen molar-refractivity contribution in [2.24, 2.45) is 11.8 Å². The van der Waals surface area contributed by atoms with Crippen LogP contribution in [0.25, 0.3) is 0 Å². The van der Waals surface area contributed by atoms with Crippen LogP contribution in [-0.4, -0.2) is 35.2 Å². The third-order valence-electron chi connectivity index (χ3n) is 3.75. The summed E-state index contributed by atoms with van der Waals surface area (Å²) < 4.78 is 0. The van der Waals surface area contributed by atoms with Gasteiger partial charge in [0.25, 0.3) is 0 Å². The lowest BCUT2D eigenvalue weighted by Crippen LogP contribution is -2.50. The molecular weight excluding hydrogens is 164 g/mol. The number of fused-ring (bicyclic) bond motifs is 2. The number of piperidine rings is 1. The number of rotatable bonds is 1. The second-order valence-corrected chi connectivity index (χ2v) is 4.38. The van der Waals surface area contributed by atoms with Gasteiger partial charge < -0.3 is 10.0 Å². The van der Waals surface area contributed by atoms with Gasteiger partial charge in [-0.15, -0.1) is 0 Å². The fourth-order valence-electron chi connectivity index (χ4n) is 2.67. The Bertz CT molecular complexity index is 248. The Morgan fingerprint density at radius 1 is 1.62 bits per heavy atom. The van der Waals surface area contributed by atoms with E-state index in [2.05, 4.69) is 11.0 Å². The molecule has 2 aliphatic heterocycles. The zero-order valence-corrected chi connectivity index (χ0v) is 8.03. The Morgan fingerprint density at radius 2 is 2.38 bits per heavy atom. The first-order chi connectivity index (χ1) is 6.16. The van der Waals surface area contributed by atoms with Crippen molar-refractivity contribution in [1.82, 2.24) is 4.90 Å². The van der Waals surface area contributed by atoms with Crippen LogP contribution < -0.4 is 0 Å². The Hall–Kier alpha value is -0.590. The summed E-state index contributed by atoms with van der Waals surface area (Å²) in [6, 6.07) is 2.19. The fraction of sp³-hybridized carbons (Fsp3) is 0.900. The van der Waals surface area contributed by atoms with E-state index in [4.69, 9.17) is 5.26 Å². The third-order valence-corrected chi connectivity index (χ3v) is 3.75. The number of hydrogen-bond acceptors (Lipinski definition) is 3. The highest BCUT2D eigenvalue weighted by Gasteiger charge is 2.48. The maximum Gasteiger partial charge on any atom is 0.0855 e. The predicted molar refractivity (Wildman–Crippen MR) is 48.9 cm³/mol. The van der Waals surface area contributed by atoms with Gasteiger partial charge >= 0.3 is 0 Å². The molecule has 0 aromatic rings. The molecule has 4 atom stereocenters. The van der Waals surface area contributed by atoms with Crippen LogP contribution >= 0.6 is 0 Å². The van der Waals surface area contributed by atoms with Gasteiger partial charge in [-0.1, -0.05) is 0 Å². The molecule has 2 heterocycles. The monoisotopic (exact) mass is 180 g/mol. The van der Waals surface area contributed by atoms with Crippen molar-refractivity contribution in [1.29, 1.82) is 5.26 Å². The lowest BCUT2D eigenvalue weighted by Gasteiger charge is -2.40. The van der Waals surface area contributed by atoms with Crippen molar-refractivity contribution < 1.29 is 5.11 Å². The zero-order chi connectivity index (χ0) is 9.47. The van der Waals surface area contributed by atoms with E-state index in [0.717, 1.165) is 32.5 Å². The molecule has 0 aromatic heterocycles. The number of nitrogens with zero attached hydrogens (tertiary/aromatic N) is 2. The summed E-state index contributed by atoms with van der Waals surface area (Å²) in [6.45, 7) is 4.89. The maximum absolute atomic E-state index is 10.4. The standard InChI is InChI=1S/C10H16N2O/c1-8(6-11)10(13)3-5-12-4-2-9(10)7-12/h8-9,13H,2-5,7H2,1H3. The van der Waals surface area contributed by atoms with E-state index in [0.29, 0.717) is 5.92 Å². The molecule has 2 aliphatic rings. The zero-order valence-electron chi connectivity index (χ0n) is 8.03. The second kappa shape index (κ2) is 2.97. The van der Waals surface area contributed by atoms with Crippen LogP contribution in [0.15, 0.2) is 0 Å². The quantitative estimate of drug-likeness (QED) is 0.643. The van der Waals surface area contributed by atoms with Crippen molar-refractivity contribution in [2.75, 3.05) is 19.6 Å². The lowest BCUT2D eigenvalue weighted by atomic mass is 9.74. The van der Waals surface area contributed by atoms with Crippen LogP contribution in [0.4, 0.5) is 0 Å². The number of hydrogen-bond donors (Lipinski definition) is 1. The molecule has 0 radical (unpaired) electrons. The smallest absolute Gasteiger partial charge is 0.0855 e. The topological polar surface area (TPSA) is 47.3 Å². The van der Waals surface area contributed by atoms with E-state index in [1.807, 2.05) is 6.92 Å². The highest BCUT2D eigenvalue weighted by Crippen LogP contribution is 2.39. The van der Waals surface area contributed by atoms with Crippen molar-refractivity contribution in [2.45, 2.75) is 25.4 Å². The Balaban J connectivity index is 2.18. The van der Waals surface area contributed by atoms with Gasteiger partial charge in [0.1, 0.15) is 0 Å². The average Bonchev–Trinajstić information content (AvgIpc) is 2.56. The van der Waals surface area contributed by atoms with Crippen LogP contribution in [0.2, 0.25) is 0 Å². The van der Waals surface area contributed by atoms with Gasteiger partial charge in [-0.2, -0.15) is 5.26 Å². The molecular formula is C10H16N2O. The summed E-state index contributed by atoms with van der Waals surface area (Å²) in [4.78, 5) is 2.38. The number of aliphatic hydroxyl groups is 1. The van der Waals surface area contributed by atoms with Gasteiger partial charge in [0.05, 0.1) is 17.6 Å². The summed E-state index contributed by atoms with van der Waals surface area (Å²) in [5.74, 6) is 0.105. The molecule has 3 nitrogen and oxygen atoms in total. The van der Waals surface area contributed by atoms with Gasteiger partial charge in [-0.25, -0.2) is 0 Å². The van der Waals surface area contributed by atoms with Gasteiger partial charge in [0, 0.05) is 19.0 Å². The second-order valence-electron chi connectivity index (χ2n) is 4.38. The molecule has 0 aliphatic carbocycles. The van der Waals surface area contributed by atoms with Crippen molar-refractivity contribution >= 4 is 0 Å². The average molecular weight is 180 g/mol. The van der Waals surface area contributed by atoms with E-state index < -0.39 is 5.60 Å². The first kappa shape index (κ1) is 8.98. The minimum absolute atomic E-state index is 0.224. The van der Waals surface area contributed by atoms with Crippen molar-refractivity contribution in [3.8, 4) is 6.07 Å².